The van der Waals surface area contributed by atoms with Crippen molar-refractivity contribution in [2.45, 2.75) is 13.1 Å². The second-order valence-corrected chi connectivity index (χ2v) is 5.91. The molecule has 0 aromatic heterocycles. The number of halogens is 3. The molecule has 0 saturated carbocycles. The number of carbonyl (C=O) groups is 2. The molecular formula is C15H15F3N2O6. The summed E-state index contributed by atoms with van der Waals surface area (Å²) < 4.78 is 43.9. The van der Waals surface area contributed by atoms with E-state index < -0.39 is 59.2 Å². The first-order valence-corrected chi connectivity index (χ1v) is 7.39. The lowest BCUT2D eigenvalue weighted by molar-refractivity contribution is -0.385. The Labute approximate surface area is 145 Å². The highest BCUT2D eigenvalue weighted by atomic mass is 19.4. The lowest BCUT2D eigenvalue weighted by Crippen LogP contribution is -2.33. The first-order valence-electron chi connectivity index (χ1n) is 7.39. The maximum absolute atomic E-state index is 13.1. The van der Waals surface area contributed by atoms with Crippen molar-refractivity contribution in [3.63, 3.8) is 0 Å². The molecule has 8 nitrogen and oxygen atoms in total. The van der Waals surface area contributed by atoms with E-state index >= 15 is 0 Å². The average Bonchev–Trinajstić information content (AvgIpc) is 2.98. The van der Waals surface area contributed by atoms with Gasteiger partial charge in [0.25, 0.3) is 5.69 Å². The van der Waals surface area contributed by atoms with Gasteiger partial charge in [-0.25, -0.2) is 4.79 Å². The SMILES string of the molecule is COC(=O)c1cc(N2C[C@@H](C(F)(F)F)[C@H](C(=O)O)C2)cc(C)c1[N+](=O)[O-]. The zero-order valence-electron chi connectivity index (χ0n) is 13.7. The fraction of sp³-hybridized carbons (Fsp3) is 0.467. The van der Waals surface area contributed by atoms with E-state index in [-0.39, 0.29) is 11.3 Å². The van der Waals surface area contributed by atoms with Crippen LogP contribution in [0.1, 0.15) is 15.9 Å². The molecule has 1 N–H and O–H groups in total. The van der Waals surface area contributed by atoms with Crippen LogP contribution in [0, 0.1) is 28.9 Å². The number of rotatable bonds is 4. The third-order valence-corrected chi connectivity index (χ3v) is 4.30. The molecule has 0 aliphatic carbocycles. The van der Waals surface area contributed by atoms with Crippen molar-refractivity contribution in [1.29, 1.82) is 0 Å². The number of nitro benzene ring substituents is 1. The number of alkyl halides is 3. The molecule has 1 aliphatic rings. The largest absolute Gasteiger partial charge is 0.481 e. The summed E-state index contributed by atoms with van der Waals surface area (Å²) in [4.78, 5) is 34.6. The second-order valence-electron chi connectivity index (χ2n) is 5.91. The van der Waals surface area contributed by atoms with E-state index in [2.05, 4.69) is 4.74 Å². The van der Waals surface area contributed by atoms with Crippen molar-refractivity contribution in [2.75, 3.05) is 25.1 Å². The van der Waals surface area contributed by atoms with Gasteiger partial charge in [0.2, 0.25) is 0 Å². The summed E-state index contributed by atoms with van der Waals surface area (Å²) in [5.74, 6) is -6.35. The fourth-order valence-electron chi connectivity index (χ4n) is 3.05. The summed E-state index contributed by atoms with van der Waals surface area (Å²) in [5.41, 5.74) is -0.779. The molecule has 0 unspecified atom stereocenters. The summed E-state index contributed by atoms with van der Waals surface area (Å²) >= 11 is 0. The Bertz CT molecular complexity index is 764. The minimum absolute atomic E-state index is 0.0511. The van der Waals surface area contributed by atoms with Crippen LogP contribution < -0.4 is 4.90 Å². The summed E-state index contributed by atoms with van der Waals surface area (Å²) in [6, 6.07) is 2.30. The predicted octanol–water partition coefficient (Wildman–Crippen LogP) is 2.39. The topological polar surface area (TPSA) is 110 Å². The molecule has 142 valence electrons. The molecule has 0 amide bonds. The van der Waals surface area contributed by atoms with Gasteiger partial charge < -0.3 is 14.7 Å². The van der Waals surface area contributed by atoms with Crippen LogP contribution in [0.25, 0.3) is 0 Å². The van der Waals surface area contributed by atoms with Gasteiger partial charge in [-0.3, -0.25) is 14.9 Å². The van der Waals surface area contributed by atoms with Crippen LogP contribution in [0.3, 0.4) is 0 Å². The first kappa shape index (κ1) is 19.5. The van der Waals surface area contributed by atoms with E-state index in [1.807, 2.05) is 0 Å². The number of carboxylic acids is 1. The van der Waals surface area contributed by atoms with Gasteiger partial charge in [0.05, 0.1) is 23.9 Å². The van der Waals surface area contributed by atoms with Crippen LogP contribution in [0.5, 0.6) is 0 Å². The highest BCUT2D eigenvalue weighted by molar-refractivity contribution is 5.96. The second kappa shape index (κ2) is 6.81. The van der Waals surface area contributed by atoms with E-state index in [1.165, 1.54) is 13.0 Å². The fourth-order valence-corrected chi connectivity index (χ4v) is 3.05. The Hall–Kier alpha value is -2.85. The molecule has 2 atom stereocenters. The highest BCUT2D eigenvalue weighted by Crippen LogP contribution is 2.40. The van der Waals surface area contributed by atoms with E-state index in [0.717, 1.165) is 18.1 Å². The van der Waals surface area contributed by atoms with Crippen LogP contribution in [0.15, 0.2) is 12.1 Å². The first-order chi connectivity index (χ1) is 12.0. The van der Waals surface area contributed by atoms with Crippen molar-refractivity contribution in [2.24, 2.45) is 11.8 Å². The molecule has 1 fully saturated rings. The van der Waals surface area contributed by atoms with Gasteiger partial charge >= 0.3 is 18.1 Å². The maximum Gasteiger partial charge on any atom is 0.394 e. The number of esters is 1. The Morgan fingerprint density at radius 1 is 1.35 bits per heavy atom. The minimum Gasteiger partial charge on any atom is -0.481 e. The molecule has 11 heteroatoms. The molecule has 0 radical (unpaired) electrons. The average molecular weight is 376 g/mol. The molecule has 0 bridgehead atoms. The van der Waals surface area contributed by atoms with E-state index in [0.29, 0.717) is 0 Å². The smallest absolute Gasteiger partial charge is 0.394 e. The number of methoxy groups -OCH3 is 1. The van der Waals surface area contributed by atoms with Gasteiger partial charge in [-0.05, 0) is 19.1 Å². The summed E-state index contributed by atoms with van der Waals surface area (Å²) in [7, 11) is 1.02. The Morgan fingerprint density at radius 3 is 2.38 bits per heavy atom. The third-order valence-electron chi connectivity index (χ3n) is 4.30. The standard InChI is InChI=1S/C15H15F3N2O6/c1-7-3-8(4-9(14(23)26-2)12(7)20(24)25)19-5-10(13(21)22)11(6-19)15(16,17)18/h3-4,10-11H,5-6H2,1-2H3,(H,21,22)/t10-,11-/m1/s1. The maximum atomic E-state index is 13.1. The van der Waals surface area contributed by atoms with Crippen molar-refractivity contribution in [3.05, 3.63) is 33.4 Å². The predicted molar refractivity (Wildman–Crippen MR) is 82.1 cm³/mol. The molecule has 1 aromatic rings. The van der Waals surface area contributed by atoms with Crippen molar-refractivity contribution < 1.29 is 37.5 Å². The summed E-state index contributed by atoms with van der Waals surface area (Å²) in [6.07, 6.45) is -4.71. The summed E-state index contributed by atoms with van der Waals surface area (Å²) in [6.45, 7) is 0.274. The van der Waals surface area contributed by atoms with Gasteiger partial charge in [-0.1, -0.05) is 0 Å². The van der Waals surface area contributed by atoms with Crippen LogP contribution >= 0.6 is 0 Å². The number of nitro groups is 1. The molecule has 2 rings (SSSR count). The van der Waals surface area contributed by atoms with Crippen molar-refractivity contribution in [3.8, 4) is 0 Å². The van der Waals surface area contributed by atoms with Gasteiger partial charge in [-0.15, -0.1) is 0 Å². The number of carboxylic acid groups (broad SMARTS) is 1. The number of ether oxygens (including phenoxy) is 1. The normalized spacial score (nSPS) is 20.1. The summed E-state index contributed by atoms with van der Waals surface area (Å²) in [5, 5.41) is 20.3. The monoisotopic (exact) mass is 376 g/mol. The number of hydrogen-bond donors (Lipinski definition) is 1. The Kier molecular flexibility index (Phi) is 5.10. The van der Waals surface area contributed by atoms with E-state index in [4.69, 9.17) is 5.11 Å². The molecule has 1 aliphatic heterocycles. The van der Waals surface area contributed by atoms with Crippen molar-refractivity contribution in [1.82, 2.24) is 0 Å². The Morgan fingerprint density at radius 2 is 1.96 bits per heavy atom. The van der Waals surface area contributed by atoms with Crippen LogP contribution in [-0.2, 0) is 9.53 Å². The lowest BCUT2D eigenvalue weighted by atomic mass is 9.96. The number of anilines is 1. The van der Waals surface area contributed by atoms with Crippen LogP contribution in [-0.4, -0.2) is 48.3 Å². The lowest BCUT2D eigenvalue weighted by Gasteiger charge is -2.20. The van der Waals surface area contributed by atoms with E-state index in [9.17, 15) is 32.9 Å². The molecule has 1 saturated heterocycles. The zero-order chi connectivity index (χ0) is 19.8. The van der Waals surface area contributed by atoms with Crippen molar-refractivity contribution >= 4 is 23.3 Å². The van der Waals surface area contributed by atoms with Gasteiger partial charge in [0.15, 0.2) is 0 Å². The number of aliphatic carboxylic acids is 1. The minimum atomic E-state index is -4.71. The quantitative estimate of drug-likeness (QED) is 0.488. The Balaban J connectivity index is 2.49. The van der Waals surface area contributed by atoms with Gasteiger partial charge in [0.1, 0.15) is 5.56 Å². The van der Waals surface area contributed by atoms with Crippen LogP contribution in [0.2, 0.25) is 0 Å². The number of benzene rings is 1. The van der Waals surface area contributed by atoms with E-state index in [1.54, 1.807) is 0 Å². The molecular weight excluding hydrogens is 361 g/mol. The number of carbonyl (C=O) groups excluding carboxylic acids is 1. The molecule has 0 spiro atoms. The number of aryl methyl sites for hydroxylation is 1. The van der Waals surface area contributed by atoms with Gasteiger partial charge in [-0.2, -0.15) is 13.2 Å². The molecule has 26 heavy (non-hydrogen) atoms. The molecule has 1 heterocycles. The highest BCUT2D eigenvalue weighted by Gasteiger charge is 2.52. The van der Waals surface area contributed by atoms with Crippen LogP contribution in [0.4, 0.5) is 24.5 Å². The third kappa shape index (κ3) is 3.55. The molecule has 1 aromatic carbocycles. The van der Waals surface area contributed by atoms with Gasteiger partial charge in [0, 0.05) is 24.3 Å². The zero-order valence-corrected chi connectivity index (χ0v) is 13.7. The number of nitrogens with zero attached hydrogens (tertiary/aromatic N) is 2. The number of hydrogen-bond acceptors (Lipinski definition) is 6.